The third kappa shape index (κ3) is 8.79. The van der Waals surface area contributed by atoms with E-state index in [1.807, 2.05) is 19.1 Å². The zero-order chi connectivity index (χ0) is 10.1. The Morgan fingerprint density at radius 1 is 1.15 bits per heavy atom. The predicted molar refractivity (Wildman–Crippen MR) is 50.5 cm³/mol. The van der Waals surface area contributed by atoms with Crippen LogP contribution in [0.3, 0.4) is 0 Å². The minimum Gasteiger partial charge on any atom is -0.481 e. The van der Waals surface area contributed by atoms with Crippen molar-refractivity contribution in [3.63, 3.8) is 0 Å². The monoisotopic (exact) mass is 184 g/mol. The van der Waals surface area contributed by atoms with Crippen molar-refractivity contribution >= 4 is 11.8 Å². The van der Waals surface area contributed by atoms with E-state index in [0.29, 0.717) is 6.42 Å². The van der Waals surface area contributed by atoms with Crippen molar-refractivity contribution in [2.45, 2.75) is 39.0 Å². The lowest BCUT2D eigenvalue weighted by atomic mass is 10.1. The Morgan fingerprint density at radius 2 is 1.85 bits per heavy atom. The maximum atomic E-state index is 11.0. The van der Waals surface area contributed by atoms with Crippen LogP contribution in [0.25, 0.3) is 0 Å². The summed E-state index contributed by atoms with van der Waals surface area (Å²) in [5, 5.41) is 8.31. The number of allylic oxidation sites excluding steroid dienone is 2. The number of carbonyl (C=O) groups excluding carboxylic acids is 1. The van der Waals surface area contributed by atoms with Gasteiger partial charge in [-0.05, 0) is 12.8 Å². The Morgan fingerprint density at radius 3 is 2.38 bits per heavy atom. The third-order valence-electron chi connectivity index (χ3n) is 1.61. The standard InChI is InChI=1S/C10H16O3/c1-2-3-4-5-6-9(11)7-8-10(12)13/h3-4H,2,5-8H2,1H3,(H,12,13). The number of rotatable bonds is 7. The number of aliphatic carboxylic acids is 1. The number of Topliss-reactive ketones (excluding diaryl/α,β-unsaturated/α-hetero) is 1. The van der Waals surface area contributed by atoms with Crippen LogP contribution in [0.1, 0.15) is 39.0 Å². The van der Waals surface area contributed by atoms with Gasteiger partial charge < -0.3 is 5.11 Å². The summed E-state index contributed by atoms with van der Waals surface area (Å²) >= 11 is 0. The number of hydrogen-bond donors (Lipinski definition) is 1. The number of ketones is 1. The van der Waals surface area contributed by atoms with Crippen LogP contribution in [0.5, 0.6) is 0 Å². The summed E-state index contributed by atoms with van der Waals surface area (Å²) in [4.78, 5) is 21.1. The van der Waals surface area contributed by atoms with Crippen LogP contribution in [-0.2, 0) is 9.59 Å². The Balaban J connectivity index is 3.41. The molecule has 0 aliphatic carbocycles. The Kier molecular flexibility index (Phi) is 6.88. The van der Waals surface area contributed by atoms with Gasteiger partial charge in [0.2, 0.25) is 0 Å². The number of carboxylic acid groups (broad SMARTS) is 1. The average Bonchev–Trinajstić information content (AvgIpc) is 2.09. The van der Waals surface area contributed by atoms with E-state index in [4.69, 9.17) is 5.11 Å². The summed E-state index contributed by atoms with van der Waals surface area (Å²) in [6.07, 6.45) is 6.24. The third-order valence-corrected chi connectivity index (χ3v) is 1.61. The van der Waals surface area contributed by atoms with Gasteiger partial charge >= 0.3 is 5.97 Å². The molecule has 0 aromatic rings. The van der Waals surface area contributed by atoms with E-state index in [9.17, 15) is 9.59 Å². The van der Waals surface area contributed by atoms with E-state index in [0.717, 1.165) is 12.8 Å². The summed E-state index contributed by atoms with van der Waals surface area (Å²) in [6.45, 7) is 2.03. The topological polar surface area (TPSA) is 54.4 Å². The van der Waals surface area contributed by atoms with Gasteiger partial charge in [-0.3, -0.25) is 9.59 Å². The lowest BCUT2D eigenvalue weighted by Crippen LogP contribution is -2.02. The molecule has 3 heteroatoms. The van der Waals surface area contributed by atoms with Crippen molar-refractivity contribution in [2.75, 3.05) is 0 Å². The molecule has 13 heavy (non-hydrogen) atoms. The van der Waals surface area contributed by atoms with Crippen molar-refractivity contribution in [1.82, 2.24) is 0 Å². The van der Waals surface area contributed by atoms with Crippen LogP contribution in [0.4, 0.5) is 0 Å². The molecule has 74 valence electrons. The smallest absolute Gasteiger partial charge is 0.303 e. The van der Waals surface area contributed by atoms with Gasteiger partial charge in [-0.2, -0.15) is 0 Å². The van der Waals surface area contributed by atoms with E-state index >= 15 is 0 Å². The highest BCUT2D eigenvalue weighted by Crippen LogP contribution is 2.00. The van der Waals surface area contributed by atoms with Crippen LogP contribution >= 0.6 is 0 Å². The predicted octanol–water partition coefficient (Wildman–Crippen LogP) is 2.17. The van der Waals surface area contributed by atoms with Crippen LogP contribution < -0.4 is 0 Å². The molecule has 0 fully saturated rings. The fourth-order valence-corrected chi connectivity index (χ4v) is 0.900. The zero-order valence-electron chi connectivity index (χ0n) is 7.95. The molecule has 0 amide bonds. The first-order chi connectivity index (χ1) is 6.16. The molecule has 0 aliphatic rings. The van der Waals surface area contributed by atoms with Crippen LogP contribution in [0.15, 0.2) is 12.2 Å². The summed E-state index contributed by atoms with van der Waals surface area (Å²) < 4.78 is 0. The molecule has 0 atom stereocenters. The fraction of sp³-hybridized carbons (Fsp3) is 0.600. The molecule has 0 heterocycles. The number of carbonyl (C=O) groups is 2. The van der Waals surface area contributed by atoms with Crippen LogP contribution in [0, 0.1) is 0 Å². The van der Waals surface area contributed by atoms with Crippen molar-refractivity contribution in [3.05, 3.63) is 12.2 Å². The van der Waals surface area contributed by atoms with Gasteiger partial charge in [-0.15, -0.1) is 0 Å². The second-order valence-electron chi connectivity index (χ2n) is 2.85. The first kappa shape index (κ1) is 11.9. The lowest BCUT2D eigenvalue weighted by Gasteiger charge is -1.94. The highest BCUT2D eigenvalue weighted by atomic mass is 16.4. The molecule has 0 saturated heterocycles. The first-order valence-electron chi connectivity index (χ1n) is 4.55. The molecule has 0 aliphatic heterocycles. The minimum atomic E-state index is -0.905. The van der Waals surface area contributed by atoms with E-state index in [1.54, 1.807) is 0 Å². The Bertz CT molecular complexity index is 194. The molecule has 0 aromatic carbocycles. The van der Waals surface area contributed by atoms with Crippen molar-refractivity contribution in [1.29, 1.82) is 0 Å². The molecule has 0 saturated carbocycles. The van der Waals surface area contributed by atoms with Gasteiger partial charge in [0.15, 0.2) is 0 Å². The van der Waals surface area contributed by atoms with Gasteiger partial charge in [0.05, 0.1) is 6.42 Å². The summed E-state index contributed by atoms with van der Waals surface area (Å²) in [5.74, 6) is -0.874. The molecule has 3 nitrogen and oxygen atoms in total. The fourth-order valence-electron chi connectivity index (χ4n) is 0.900. The lowest BCUT2D eigenvalue weighted by molar-refractivity contribution is -0.138. The second kappa shape index (κ2) is 7.53. The van der Waals surface area contributed by atoms with Crippen LogP contribution in [0.2, 0.25) is 0 Å². The second-order valence-corrected chi connectivity index (χ2v) is 2.85. The van der Waals surface area contributed by atoms with E-state index in [-0.39, 0.29) is 18.6 Å². The van der Waals surface area contributed by atoms with Crippen molar-refractivity contribution in [3.8, 4) is 0 Å². The van der Waals surface area contributed by atoms with Crippen LogP contribution in [-0.4, -0.2) is 16.9 Å². The molecule has 0 spiro atoms. The van der Waals surface area contributed by atoms with Crippen molar-refractivity contribution in [2.24, 2.45) is 0 Å². The Hall–Kier alpha value is -1.12. The molecule has 0 rings (SSSR count). The SMILES string of the molecule is CCC=CCCC(=O)CCC(=O)O. The molecule has 0 bridgehead atoms. The van der Waals surface area contributed by atoms with E-state index in [2.05, 4.69) is 0 Å². The average molecular weight is 184 g/mol. The summed E-state index contributed by atoms with van der Waals surface area (Å²) in [6, 6.07) is 0. The van der Waals surface area contributed by atoms with Gasteiger partial charge in [-0.1, -0.05) is 19.1 Å². The van der Waals surface area contributed by atoms with Gasteiger partial charge in [0.25, 0.3) is 0 Å². The maximum absolute atomic E-state index is 11.0. The molecular formula is C10H16O3. The maximum Gasteiger partial charge on any atom is 0.303 e. The largest absolute Gasteiger partial charge is 0.481 e. The summed E-state index contributed by atoms with van der Waals surface area (Å²) in [5.41, 5.74) is 0. The molecule has 0 unspecified atom stereocenters. The first-order valence-corrected chi connectivity index (χ1v) is 4.55. The van der Waals surface area contributed by atoms with Gasteiger partial charge in [-0.25, -0.2) is 0 Å². The zero-order valence-corrected chi connectivity index (χ0v) is 7.95. The van der Waals surface area contributed by atoms with Gasteiger partial charge in [0, 0.05) is 12.8 Å². The highest BCUT2D eigenvalue weighted by Gasteiger charge is 2.03. The summed E-state index contributed by atoms with van der Waals surface area (Å²) in [7, 11) is 0. The highest BCUT2D eigenvalue weighted by molar-refractivity contribution is 5.82. The van der Waals surface area contributed by atoms with E-state index < -0.39 is 5.97 Å². The molecule has 0 radical (unpaired) electrons. The quantitative estimate of drug-likeness (QED) is 0.617. The van der Waals surface area contributed by atoms with E-state index in [1.165, 1.54) is 0 Å². The molecule has 0 aromatic heterocycles. The minimum absolute atomic E-state index is 0.0307. The Labute approximate surface area is 78.5 Å². The number of carboxylic acids is 1. The number of hydrogen-bond acceptors (Lipinski definition) is 2. The van der Waals surface area contributed by atoms with Gasteiger partial charge in [0.1, 0.15) is 5.78 Å². The molecular weight excluding hydrogens is 168 g/mol. The molecule has 1 N–H and O–H groups in total. The normalized spacial score (nSPS) is 10.5. The van der Waals surface area contributed by atoms with Crippen molar-refractivity contribution < 1.29 is 14.7 Å².